The number of benzene rings is 2. The van der Waals surface area contributed by atoms with E-state index in [1.54, 1.807) is 12.1 Å². The highest BCUT2D eigenvalue weighted by molar-refractivity contribution is 6.34. The third kappa shape index (κ3) is 5.69. The summed E-state index contributed by atoms with van der Waals surface area (Å²) >= 11 is 12.0. The minimum atomic E-state index is -4.50. The molecule has 8 heteroatoms. The molecule has 2 aromatic carbocycles. The van der Waals surface area contributed by atoms with Crippen LogP contribution >= 0.6 is 23.2 Å². The molecule has 33 heavy (non-hydrogen) atoms. The van der Waals surface area contributed by atoms with Gasteiger partial charge in [0, 0.05) is 11.0 Å². The molecular formula is C25H23Cl2F3N2O. The molecule has 0 atom stereocenters. The van der Waals surface area contributed by atoms with E-state index >= 15 is 0 Å². The van der Waals surface area contributed by atoms with Gasteiger partial charge in [0.1, 0.15) is 10.3 Å². The predicted octanol–water partition coefficient (Wildman–Crippen LogP) is 6.91. The lowest BCUT2D eigenvalue weighted by atomic mass is 9.74. The first-order valence-electron chi connectivity index (χ1n) is 10.6. The molecule has 1 aromatic heterocycles. The molecular weight excluding hydrogens is 472 g/mol. The third-order valence-corrected chi connectivity index (χ3v) is 6.54. The first kappa shape index (κ1) is 24.0. The van der Waals surface area contributed by atoms with Crippen molar-refractivity contribution in [1.82, 2.24) is 10.3 Å². The van der Waals surface area contributed by atoms with Crippen LogP contribution in [0.4, 0.5) is 13.2 Å². The van der Waals surface area contributed by atoms with Crippen LogP contribution in [-0.2, 0) is 22.9 Å². The maximum atomic E-state index is 13.6. The summed E-state index contributed by atoms with van der Waals surface area (Å²) in [6.07, 6.45) is -2.70. The number of ether oxygens (including phenoxy) is 1. The number of halogens is 5. The molecule has 3 aromatic rings. The quantitative estimate of drug-likeness (QED) is 0.378. The summed E-state index contributed by atoms with van der Waals surface area (Å²) in [6, 6.07) is 17.1. The lowest BCUT2D eigenvalue weighted by Gasteiger charge is -2.38. The SMILES string of the molecule is FC(F)(F)c1cc(COCC2(c3ccccc3)CCNCC2)cc(-c2ccc(Cl)nc2Cl)c1. The molecule has 1 aliphatic heterocycles. The smallest absolute Gasteiger partial charge is 0.376 e. The molecule has 3 nitrogen and oxygen atoms in total. The second-order valence-electron chi connectivity index (χ2n) is 8.28. The maximum Gasteiger partial charge on any atom is 0.416 e. The molecule has 0 aliphatic carbocycles. The average molecular weight is 495 g/mol. The van der Waals surface area contributed by atoms with Crippen LogP contribution in [0.2, 0.25) is 10.3 Å². The average Bonchev–Trinajstić information content (AvgIpc) is 2.79. The Kier molecular flexibility index (Phi) is 7.29. The highest BCUT2D eigenvalue weighted by Gasteiger charge is 2.34. The second kappa shape index (κ2) is 10.0. The van der Waals surface area contributed by atoms with Gasteiger partial charge in [-0.2, -0.15) is 13.2 Å². The fourth-order valence-electron chi connectivity index (χ4n) is 4.30. The molecule has 4 rings (SSSR count). The van der Waals surface area contributed by atoms with Gasteiger partial charge in [-0.3, -0.25) is 0 Å². The van der Waals surface area contributed by atoms with Crippen molar-refractivity contribution < 1.29 is 17.9 Å². The maximum absolute atomic E-state index is 13.6. The number of nitrogens with one attached hydrogen (secondary N) is 1. The molecule has 174 valence electrons. The van der Waals surface area contributed by atoms with E-state index in [0.717, 1.165) is 38.1 Å². The van der Waals surface area contributed by atoms with Gasteiger partial charge < -0.3 is 10.1 Å². The lowest BCUT2D eigenvalue weighted by Crippen LogP contribution is -2.43. The van der Waals surface area contributed by atoms with Gasteiger partial charge in [0.25, 0.3) is 0 Å². The number of pyridine rings is 1. The van der Waals surface area contributed by atoms with Gasteiger partial charge in [-0.15, -0.1) is 0 Å². The minimum absolute atomic E-state index is 0.0476. The molecule has 2 heterocycles. The summed E-state index contributed by atoms with van der Waals surface area (Å²) in [6.45, 7) is 2.22. The van der Waals surface area contributed by atoms with Crippen molar-refractivity contribution in [2.45, 2.75) is 31.0 Å². The summed E-state index contributed by atoms with van der Waals surface area (Å²) in [4.78, 5) is 3.95. The molecule has 0 spiro atoms. The molecule has 0 saturated carbocycles. The zero-order chi connectivity index (χ0) is 23.5. The Labute approximate surface area is 200 Å². The number of alkyl halides is 3. The lowest BCUT2D eigenvalue weighted by molar-refractivity contribution is -0.137. The van der Waals surface area contributed by atoms with Crippen LogP contribution in [-0.4, -0.2) is 24.7 Å². The van der Waals surface area contributed by atoms with E-state index in [1.807, 2.05) is 18.2 Å². The minimum Gasteiger partial charge on any atom is -0.376 e. The molecule has 0 unspecified atom stereocenters. The Hall–Kier alpha value is -2.12. The van der Waals surface area contributed by atoms with Crippen molar-refractivity contribution in [3.05, 3.63) is 87.7 Å². The van der Waals surface area contributed by atoms with Crippen LogP contribution in [0.3, 0.4) is 0 Å². The standard InChI is InChI=1S/C25H23Cl2F3N2O/c26-22-7-6-21(23(27)32-22)18-12-17(13-20(14-18)25(28,29)30)15-33-16-24(8-10-31-11-9-24)19-4-2-1-3-5-19/h1-7,12-14,31H,8-11,15-16H2. The normalized spacial score (nSPS) is 16.0. The Morgan fingerprint density at radius 2 is 1.70 bits per heavy atom. The Morgan fingerprint density at radius 1 is 0.970 bits per heavy atom. The van der Waals surface area contributed by atoms with Crippen LogP contribution in [0, 0.1) is 0 Å². The van der Waals surface area contributed by atoms with E-state index < -0.39 is 11.7 Å². The van der Waals surface area contributed by atoms with Crippen molar-refractivity contribution in [1.29, 1.82) is 0 Å². The summed E-state index contributed by atoms with van der Waals surface area (Å²) in [7, 11) is 0. The summed E-state index contributed by atoms with van der Waals surface area (Å²) in [5.41, 5.74) is 1.38. The molecule has 1 N–H and O–H groups in total. The Balaban J connectivity index is 1.59. The van der Waals surface area contributed by atoms with Crippen LogP contribution in [0.25, 0.3) is 11.1 Å². The first-order chi connectivity index (χ1) is 15.8. The summed E-state index contributed by atoms with van der Waals surface area (Å²) < 4.78 is 46.9. The third-order valence-electron chi connectivity index (χ3n) is 6.04. The fraction of sp³-hybridized carbons (Fsp3) is 0.320. The van der Waals surface area contributed by atoms with E-state index in [-0.39, 0.29) is 22.3 Å². The number of hydrogen-bond donors (Lipinski definition) is 1. The van der Waals surface area contributed by atoms with Crippen molar-refractivity contribution in [3.8, 4) is 11.1 Å². The topological polar surface area (TPSA) is 34.1 Å². The molecule has 0 radical (unpaired) electrons. The second-order valence-corrected chi connectivity index (χ2v) is 9.02. The number of aromatic nitrogens is 1. The van der Waals surface area contributed by atoms with Gasteiger partial charge in [-0.1, -0.05) is 53.5 Å². The largest absolute Gasteiger partial charge is 0.416 e. The molecule has 1 saturated heterocycles. The fourth-order valence-corrected chi connectivity index (χ4v) is 4.75. The van der Waals surface area contributed by atoms with Gasteiger partial charge in [0.15, 0.2) is 0 Å². The zero-order valence-electron chi connectivity index (χ0n) is 17.8. The zero-order valence-corrected chi connectivity index (χ0v) is 19.3. The highest BCUT2D eigenvalue weighted by atomic mass is 35.5. The van der Waals surface area contributed by atoms with E-state index in [2.05, 4.69) is 22.4 Å². The number of nitrogens with zero attached hydrogens (tertiary/aromatic N) is 1. The van der Waals surface area contributed by atoms with E-state index in [4.69, 9.17) is 27.9 Å². The number of hydrogen-bond acceptors (Lipinski definition) is 3. The van der Waals surface area contributed by atoms with Crippen molar-refractivity contribution in [2.75, 3.05) is 19.7 Å². The van der Waals surface area contributed by atoms with Crippen molar-refractivity contribution in [3.63, 3.8) is 0 Å². The monoisotopic (exact) mass is 494 g/mol. The van der Waals surface area contributed by atoms with Gasteiger partial charge in [0.05, 0.1) is 18.8 Å². The van der Waals surface area contributed by atoms with Crippen molar-refractivity contribution in [2.24, 2.45) is 0 Å². The Bertz CT molecular complexity index is 1100. The van der Waals surface area contributed by atoms with E-state index in [1.165, 1.54) is 11.6 Å². The number of piperidine rings is 1. The molecule has 1 fully saturated rings. The Morgan fingerprint density at radius 3 is 2.36 bits per heavy atom. The first-order valence-corrected chi connectivity index (χ1v) is 11.4. The van der Waals surface area contributed by atoms with Gasteiger partial charge in [-0.05, 0) is 73.0 Å². The number of rotatable bonds is 6. The van der Waals surface area contributed by atoms with Crippen LogP contribution in [0.15, 0.2) is 60.7 Å². The summed E-state index contributed by atoms with van der Waals surface area (Å²) in [5, 5.41) is 3.59. The van der Waals surface area contributed by atoms with Gasteiger partial charge >= 0.3 is 6.18 Å². The van der Waals surface area contributed by atoms with Gasteiger partial charge in [-0.25, -0.2) is 4.98 Å². The van der Waals surface area contributed by atoms with Crippen molar-refractivity contribution >= 4 is 23.2 Å². The molecule has 1 aliphatic rings. The predicted molar refractivity (Wildman–Crippen MR) is 125 cm³/mol. The van der Waals surface area contributed by atoms with E-state index in [9.17, 15) is 13.2 Å². The van der Waals surface area contributed by atoms with Gasteiger partial charge in [0.2, 0.25) is 0 Å². The highest BCUT2D eigenvalue weighted by Crippen LogP contribution is 2.37. The molecule has 0 bridgehead atoms. The van der Waals surface area contributed by atoms with Crippen LogP contribution in [0.5, 0.6) is 0 Å². The van der Waals surface area contributed by atoms with E-state index in [0.29, 0.717) is 23.3 Å². The van der Waals surface area contributed by atoms with Crippen LogP contribution < -0.4 is 5.32 Å². The summed E-state index contributed by atoms with van der Waals surface area (Å²) in [5.74, 6) is 0. The molecule has 0 amide bonds. The van der Waals surface area contributed by atoms with Crippen LogP contribution in [0.1, 0.15) is 29.5 Å².